The number of aliphatic hydroxyl groups is 1. The van der Waals surface area contributed by atoms with E-state index in [4.69, 9.17) is 4.74 Å². The van der Waals surface area contributed by atoms with Crippen LogP contribution in [0.15, 0.2) is 11.5 Å². The maximum absolute atomic E-state index is 12.2. The third-order valence-corrected chi connectivity index (χ3v) is 6.93. The molecule has 168 valence electrons. The van der Waals surface area contributed by atoms with Gasteiger partial charge < -0.3 is 14.6 Å². The lowest BCUT2D eigenvalue weighted by atomic mass is 9.67. The number of carbonyl (C=O) groups is 4. The van der Waals surface area contributed by atoms with Crippen LogP contribution in [-0.4, -0.2) is 57.9 Å². The molecule has 2 fully saturated rings. The normalized spacial score (nSPS) is 27.7. The van der Waals surface area contributed by atoms with E-state index in [-0.39, 0.29) is 23.7 Å². The summed E-state index contributed by atoms with van der Waals surface area (Å²) < 4.78 is 10.2. The number of carbonyl (C=O) groups excluding carboxylic acids is 4. The van der Waals surface area contributed by atoms with E-state index in [9.17, 15) is 24.3 Å². The molecular weight excluding hydrogens is 410 g/mol. The van der Waals surface area contributed by atoms with Crippen molar-refractivity contribution in [2.45, 2.75) is 77.5 Å². The van der Waals surface area contributed by atoms with Crippen LogP contribution in [0.1, 0.15) is 59.8 Å². The van der Waals surface area contributed by atoms with E-state index in [1.165, 1.54) is 18.4 Å². The Kier molecular flexibility index (Phi) is 8.49. The van der Waals surface area contributed by atoms with Crippen molar-refractivity contribution in [1.82, 2.24) is 4.90 Å². The van der Waals surface area contributed by atoms with Crippen LogP contribution in [0.3, 0.4) is 0 Å². The summed E-state index contributed by atoms with van der Waals surface area (Å²) in [7, 11) is 0. The number of likely N-dealkylation sites (tertiary alicyclic amines) is 1. The first-order valence-corrected chi connectivity index (χ1v) is 11.2. The highest BCUT2D eigenvalue weighted by molar-refractivity contribution is 8.02. The van der Waals surface area contributed by atoms with Gasteiger partial charge in [0.1, 0.15) is 12.7 Å². The molecule has 1 heterocycles. The highest BCUT2D eigenvalue weighted by Crippen LogP contribution is 2.43. The van der Waals surface area contributed by atoms with Gasteiger partial charge in [0, 0.05) is 6.08 Å². The van der Waals surface area contributed by atoms with E-state index >= 15 is 0 Å². The first-order valence-electron chi connectivity index (χ1n) is 10.2. The van der Waals surface area contributed by atoms with E-state index < -0.39 is 36.1 Å². The molecular formula is C21H31NO7S. The lowest BCUT2D eigenvalue weighted by Gasteiger charge is -2.41. The number of hydrogen-bond donors (Lipinski definition) is 1. The molecule has 2 rings (SSSR count). The number of rotatable bonds is 9. The first kappa shape index (κ1) is 24.4. The molecule has 9 heteroatoms. The van der Waals surface area contributed by atoms with E-state index in [1.807, 2.05) is 0 Å². The molecule has 0 spiro atoms. The van der Waals surface area contributed by atoms with Gasteiger partial charge in [0.25, 0.3) is 0 Å². The number of ether oxygens (including phenoxy) is 2. The van der Waals surface area contributed by atoms with Crippen molar-refractivity contribution >= 4 is 35.4 Å². The van der Waals surface area contributed by atoms with Gasteiger partial charge in [-0.25, -0.2) is 9.59 Å². The number of hydrogen-bond acceptors (Lipinski definition) is 8. The standard InChI is InChI=1S/C21H31NO7S/c1-13(2)21(4)8-5-6-15(11-21)29-18(25)7-9-30-17-10-16(24)22(17)19(26)20(27)28-12-14(3)23/h7,9,13,15,17,19,26H,5-6,8,10-12H2,1-4H3/t15-,17-,19?,21+/m0/s1. The summed E-state index contributed by atoms with van der Waals surface area (Å²) in [6, 6.07) is 0. The number of aliphatic hydroxyl groups excluding tert-OH is 1. The van der Waals surface area contributed by atoms with Crippen molar-refractivity contribution in [3.05, 3.63) is 11.5 Å². The minimum absolute atomic E-state index is 0.104. The molecule has 2 aliphatic rings. The maximum atomic E-state index is 12.2. The number of Topliss-reactive ketones (excluding diaryl/α,β-unsaturated/α-hetero) is 1. The largest absolute Gasteiger partial charge is 0.459 e. The fraction of sp³-hybridized carbons (Fsp3) is 0.714. The Balaban J connectivity index is 1.81. The summed E-state index contributed by atoms with van der Waals surface area (Å²) in [6.45, 7) is 7.40. The average Bonchev–Trinajstić information content (AvgIpc) is 2.65. The Bertz CT molecular complexity index is 707. The van der Waals surface area contributed by atoms with Crippen LogP contribution < -0.4 is 0 Å². The second-order valence-electron chi connectivity index (χ2n) is 8.55. The molecule has 8 nitrogen and oxygen atoms in total. The predicted molar refractivity (Wildman–Crippen MR) is 111 cm³/mol. The van der Waals surface area contributed by atoms with Gasteiger partial charge in [-0.3, -0.25) is 14.5 Å². The van der Waals surface area contributed by atoms with E-state index in [2.05, 4.69) is 25.5 Å². The van der Waals surface area contributed by atoms with Crippen LogP contribution in [0.2, 0.25) is 0 Å². The molecule has 1 aliphatic heterocycles. The SMILES string of the molecule is CC(=O)COC(=O)C(O)N1C(=O)C[C@@H]1SC=CC(=O)O[C@H]1CCC[C@@](C)(C(C)C)C1. The summed E-state index contributed by atoms with van der Waals surface area (Å²) >= 11 is 1.13. The molecule has 4 atom stereocenters. The molecule has 30 heavy (non-hydrogen) atoms. The van der Waals surface area contributed by atoms with Gasteiger partial charge in [0.05, 0.1) is 11.8 Å². The van der Waals surface area contributed by atoms with Gasteiger partial charge >= 0.3 is 11.9 Å². The second-order valence-corrected chi connectivity index (χ2v) is 9.63. The summed E-state index contributed by atoms with van der Waals surface area (Å²) in [5, 5.41) is 11.0. The highest BCUT2D eigenvalue weighted by Gasteiger charge is 2.44. The zero-order valence-electron chi connectivity index (χ0n) is 18.0. The number of nitrogens with zero attached hydrogens (tertiary/aromatic N) is 1. The van der Waals surface area contributed by atoms with E-state index in [0.29, 0.717) is 5.92 Å². The van der Waals surface area contributed by atoms with Gasteiger partial charge in [-0.2, -0.15) is 0 Å². The van der Waals surface area contributed by atoms with Gasteiger partial charge in [-0.05, 0) is 49.3 Å². The van der Waals surface area contributed by atoms with Crippen molar-refractivity contribution in [2.24, 2.45) is 11.3 Å². The Morgan fingerprint density at radius 3 is 2.67 bits per heavy atom. The fourth-order valence-electron chi connectivity index (χ4n) is 3.64. The molecule has 1 saturated carbocycles. The summed E-state index contributed by atoms with van der Waals surface area (Å²) in [5.74, 6) is -1.77. The maximum Gasteiger partial charge on any atom is 0.357 e. The van der Waals surface area contributed by atoms with Crippen LogP contribution in [0.25, 0.3) is 0 Å². The first-order chi connectivity index (χ1) is 14.0. The van der Waals surface area contributed by atoms with Crippen molar-refractivity contribution in [2.75, 3.05) is 6.61 Å². The lowest BCUT2D eigenvalue weighted by molar-refractivity contribution is -0.179. The number of amides is 1. The molecule has 0 aromatic heterocycles. The smallest absolute Gasteiger partial charge is 0.357 e. The number of ketones is 1. The Morgan fingerprint density at radius 2 is 2.07 bits per heavy atom. The molecule has 0 aromatic carbocycles. The molecule has 1 N–H and O–H groups in total. The van der Waals surface area contributed by atoms with E-state index in [0.717, 1.165) is 42.3 Å². The molecule has 0 radical (unpaired) electrons. The summed E-state index contributed by atoms with van der Waals surface area (Å²) in [5.41, 5.74) is 0.168. The molecule has 0 bridgehead atoms. The Hall–Kier alpha value is -1.87. The molecule has 1 aliphatic carbocycles. The van der Waals surface area contributed by atoms with Gasteiger partial charge in [0.15, 0.2) is 5.78 Å². The topological polar surface area (TPSA) is 110 Å². The van der Waals surface area contributed by atoms with Gasteiger partial charge in [-0.15, -0.1) is 11.8 Å². The van der Waals surface area contributed by atoms with Gasteiger partial charge in [0.2, 0.25) is 12.1 Å². The monoisotopic (exact) mass is 441 g/mol. The molecule has 1 amide bonds. The highest BCUT2D eigenvalue weighted by atomic mass is 32.2. The predicted octanol–water partition coefficient (Wildman–Crippen LogP) is 2.39. The summed E-state index contributed by atoms with van der Waals surface area (Å²) in [6.07, 6.45) is 3.40. The Labute approximate surface area is 181 Å². The Morgan fingerprint density at radius 1 is 1.37 bits per heavy atom. The number of thioether (sulfide) groups is 1. The zero-order valence-corrected chi connectivity index (χ0v) is 18.8. The fourth-order valence-corrected chi connectivity index (χ4v) is 4.62. The zero-order chi connectivity index (χ0) is 22.5. The average molecular weight is 442 g/mol. The minimum atomic E-state index is -1.78. The van der Waals surface area contributed by atoms with Crippen LogP contribution in [0.4, 0.5) is 0 Å². The minimum Gasteiger partial charge on any atom is -0.459 e. The van der Waals surface area contributed by atoms with Crippen molar-refractivity contribution in [1.29, 1.82) is 0 Å². The van der Waals surface area contributed by atoms with Crippen molar-refractivity contribution in [3.8, 4) is 0 Å². The van der Waals surface area contributed by atoms with Crippen LogP contribution >= 0.6 is 11.8 Å². The van der Waals surface area contributed by atoms with Crippen LogP contribution in [0.5, 0.6) is 0 Å². The quantitative estimate of drug-likeness (QED) is 0.330. The molecule has 1 saturated heterocycles. The summed E-state index contributed by atoms with van der Waals surface area (Å²) in [4.78, 5) is 47.5. The van der Waals surface area contributed by atoms with Gasteiger partial charge in [-0.1, -0.05) is 20.8 Å². The van der Waals surface area contributed by atoms with Crippen molar-refractivity contribution in [3.63, 3.8) is 0 Å². The van der Waals surface area contributed by atoms with E-state index in [1.54, 1.807) is 0 Å². The third kappa shape index (κ3) is 6.31. The van der Waals surface area contributed by atoms with Crippen LogP contribution in [-0.2, 0) is 28.7 Å². The molecule has 1 unspecified atom stereocenters. The van der Waals surface area contributed by atoms with Crippen molar-refractivity contribution < 1.29 is 33.8 Å². The lowest BCUT2D eigenvalue weighted by Crippen LogP contribution is -2.58. The van der Waals surface area contributed by atoms with Crippen LogP contribution in [0, 0.1) is 11.3 Å². The number of β-lactam (4-membered cyclic amide) rings is 1. The molecule has 0 aromatic rings. The second kappa shape index (κ2) is 10.4. The third-order valence-electron chi connectivity index (χ3n) is 5.92. The number of esters is 2.